The molecule has 0 aliphatic carbocycles. The van der Waals surface area contributed by atoms with Gasteiger partial charge in [-0.05, 0) is 24.6 Å². The third kappa shape index (κ3) is 5.15. The average Bonchev–Trinajstić information content (AvgIpc) is 2.60. The van der Waals surface area contributed by atoms with Crippen LogP contribution in [0.4, 0.5) is 4.79 Å². The number of hydrogen-bond acceptors (Lipinski definition) is 3. The van der Waals surface area contributed by atoms with Crippen LogP contribution in [0.3, 0.4) is 0 Å². The summed E-state index contributed by atoms with van der Waals surface area (Å²) in [6.07, 6.45) is 0. The van der Waals surface area contributed by atoms with E-state index in [9.17, 15) is 9.90 Å². The zero-order chi connectivity index (χ0) is 17.4. The van der Waals surface area contributed by atoms with E-state index >= 15 is 0 Å². The van der Waals surface area contributed by atoms with E-state index in [-0.39, 0.29) is 12.6 Å². The summed E-state index contributed by atoms with van der Waals surface area (Å²) in [4.78, 5) is 12.1. The molecule has 0 aliphatic heterocycles. The topological polar surface area (TPSA) is 70.6 Å². The number of hydrogen-bond donors (Lipinski definition) is 3. The molecule has 2 aromatic carbocycles. The number of halogens is 1. The number of aliphatic hydroxyl groups is 1. The lowest BCUT2D eigenvalue weighted by atomic mass is 10.1. The first kappa shape index (κ1) is 18.1. The van der Waals surface area contributed by atoms with Crippen LogP contribution in [0.5, 0.6) is 5.75 Å². The van der Waals surface area contributed by atoms with Crippen molar-refractivity contribution in [2.24, 2.45) is 0 Å². The molecule has 0 bridgehead atoms. The highest BCUT2D eigenvalue weighted by Gasteiger charge is 2.13. The summed E-state index contributed by atoms with van der Waals surface area (Å²) in [6.45, 7) is 2.52. The molecule has 0 fully saturated rings. The molecule has 128 valence electrons. The lowest BCUT2D eigenvalue weighted by Gasteiger charge is -2.18. The van der Waals surface area contributed by atoms with Gasteiger partial charge in [-0.15, -0.1) is 0 Å². The molecule has 0 radical (unpaired) electrons. The van der Waals surface area contributed by atoms with Crippen molar-refractivity contribution in [1.29, 1.82) is 0 Å². The van der Waals surface area contributed by atoms with Crippen LogP contribution in [0.25, 0.3) is 0 Å². The highest BCUT2D eigenvalue weighted by Crippen LogP contribution is 2.23. The van der Waals surface area contributed by atoms with Crippen molar-refractivity contribution >= 4 is 17.6 Å². The van der Waals surface area contributed by atoms with Crippen molar-refractivity contribution < 1.29 is 14.6 Å². The van der Waals surface area contributed by atoms with Crippen molar-refractivity contribution in [3.05, 3.63) is 64.7 Å². The summed E-state index contributed by atoms with van der Waals surface area (Å²) in [5, 5.41) is 15.6. The fourth-order valence-corrected chi connectivity index (χ4v) is 2.43. The van der Waals surface area contributed by atoms with Gasteiger partial charge in [-0.3, -0.25) is 0 Å². The van der Waals surface area contributed by atoms with E-state index in [1.165, 1.54) is 0 Å². The number of carbonyl (C=O) groups excluding carboxylic acids is 1. The Morgan fingerprint density at radius 2 is 2.00 bits per heavy atom. The van der Waals surface area contributed by atoms with Crippen molar-refractivity contribution in [1.82, 2.24) is 10.6 Å². The Hall–Kier alpha value is -2.24. The monoisotopic (exact) mass is 348 g/mol. The van der Waals surface area contributed by atoms with Gasteiger partial charge in [0.1, 0.15) is 5.75 Å². The summed E-state index contributed by atoms with van der Waals surface area (Å²) in [5.41, 5.74) is 1.67. The fraction of sp³-hybridized carbons (Fsp3) is 0.278. The van der Waals surface area contributed by atoms with Gasteiger partial charge >= 0.3 is 6.03 Å². The summed E-state index contributed by atoms with van der Waals surface area (Å²) in [5.74, 6) is 0.645. The van der Waals surface area contributed by atoms with E-state index < -0.39 is 6.04 Å². The highest BCUT2D eigenvalue weighted by molar-refractivity contribution is 6.30. The Kier molecular flexibility index (Phi) is 6.90. The smallest absolute Gasteiger partial charge is 0.315 e. The Labute approximate surface area is 146 Å². The van der Waals surface area contributed by atoms with E-state index in [0.717, 1.165) is 11.1 Å². The molecule has 0 saturated heterocycles. The van der Waals surface area contributed by atoms with Gasteiger partial charge in [0.2, 0.25) is 0 Å². The number of rotatable bonds is 7. The van der Waals surface area contributed by atoms with E-state index in [4.69, 9.17) is 16.3 Å². The molecule has 0 aliphatic rings. The molecule has 0 unspecified atom stereocenters. The molecule has 0 saturated carbocycles. The fourth-order valence-electron chi connectivity index (χ4n) is 2.27. The lowest BCUT2D eigenvalue weighted by Crippen LogP contribution is -2.38. The number of ether oxygens (including phenoxy) is 1. The van der Waals surface area contributed by atoms with E-state index in [0.29, 0.717) is 23.9 Å². The van der Waals surface area contributed by atoms with Gasteiger partial charge in [-0.25, -0.2) is 4.79 Å². The van der Waals surface area contributed by atoms with Crippen molar-refractivity contribution in [2.45, 2.75) is 19.5 Å². The quantitative estimate of drug-likeness (QED) is 0.719. The van der Waals surface area contributed by atoms with Gasteiger partial charge in [-0.2, -0.15) is 0 Å². The average molecular weight is 349 g/mol. The largest absolute Gasteiger partial charge is 0.493 e. The minimum absolute atomic E-state index is 0.178. The third-order valence-electron chi connectivity index (χ3n) is 3.46. The number of carbonyl (C=O) groups is 1. The molecule has 3 N–H and O–H groups in total. The molecule has 5 nitrogen and oxygen atoms in total. The highest BCUT2D eigenvalue weighted by atomic mass is 35.5. The van der Waals surface area contributed by atoms with Crippen LogP contribution in [0.15, 0.2) is 48.5 Å². The molecule has 0 aromatic heterocycles. The predicted molar refractivity (Wildman–Crippen MR) is 94.3 cm³/mol. The van der Waals surface area contributed by atoms with E-state index in [1.807, 2.05) is 43.3 Å². The normalized spacial score (nSPS) is 11.6. The summed E-state index contributed by atoms with van der Waals surface area (Å²) in [7, 11) is 0. The SMILES string of the molecule is CCOc1cc(Cl)ccc1CNC(=O)N[C@H](CO)c1ccccc1. The minimum Gasteiger partial charge on any atom is -0.493 e. The van der Waals surface area contributed by atoms with Gasteiger partial charge in [0, 0.05) is 17.1 Å². The third-order valence-corrected chi connectivity index (χ3v) is 3.69. The molecular formula is C18H21ClN2O3. The standard InChI is InChI=1S/C18H21ClN2O3/c1-2-24-17-10-15(19)9-8-14(17)11-20-18(23)21-16(12-22)13-6-4-3-5-7-13/h3-10,16,22H,2,11-12H2,1H3,(H2,20,21,23)/t16-/m1/s1. The molecular weight excluding hydrogens is 328 g/mol. The number of nitrogens with one attached hydrogen (secondary N) is 2. The number of urea groups is 1. The Morgan fingerprint density at radius 1 is 1.25 bits per heavy atom. The zero-order valence-corrected chi connectivity index (χ0v) is 14.2. The molecule has 6 heteroatoms. The molecule has 2 rings (SSSR count). The van der Waals surface area contributed by atoms with Crippen molar-refractivity contribution in [3.63, 3.8) is 0 Å². The maximum Gasteiger partial charge on any atom is 0.315 e. The van der Waals surface area contributed by atoms with Gasteiger partial charge in [0.05, 0.1) is 19.3 Å². The molecule has 1 atom stereocenters. The number of amides is 2. The second-order valence-corrected chi connectivity index (χ2v) is 5.59. The molecule has 24 heavy (non-hydrogen) atoms. The maximum absolute atomic E-state index is 12.1. The minimum atomic E-state index is -0.456. The van der Waals surface area contributed by atoms with Gasteiger partial charge in [0.25, 0.3) is 0 Å². The van der Waals surface area contributed by atoms with Crippen LogP contribution in [0.1, 0.15) is 24.1 Å². The number of benzene rings is 2. The Bertz CT molecular complexity index is 665. The summed E-state index contributed by atoms with van der Waals surface area (Å²) in [6, 6.07) is 13.8. The van der Waals surface area contributed by atoms with Crippen LogP contribution in [0, 0.1) is 0 Å². The Balaban J connectivity index is 1.95. The van der Waals surface area contributed by atoms with Gasteiger partial charge < -0.3 is 20.5 Å². The van der Waals surface area contributed by atoms with Crippen LogP contribution in [-0.2, 0) is 6.54 Å². The van der Waals surface area contributed by atoms with Gasteiger partial charge in [0.15, 0.2) is 0 Å². The predicted octanol–water partition coefficient (Wildman–Crippen LogP) is 3.27. The van der Waals surface area contributed by atoms with Gasteiger partial charge in [-0.1, -0.05) is 48.0 Å². The van der Waals surface area contributed by atoms with Crippen LogP contribution in [-0.4, -0.2) is 24.4 Å². The molecule has 0 heterocycles. The van der Waals surface area contributed by atoms with E-state index in [1.54, 1.807) is 12.1 Å². The molecule has 2 aromatic rings. The summed E-state index contributed by atoms with van der Waals surface area (Å²) < 4.78 is 5.53. The summed E-state index contributed by atoms with van der Waals surface area (Å²) >= 11 is 5.96. The van der Waals surface area contributed by atoms with E-state index in [2.05, 4.69) is 10.6 Å². The maximum atomic E-state index is 12.1. The Morgan fingerprint density at radius 3 is 2.67 bits per heavy atom. The van der Waals surface area contributed by atoms with Crippen molar-refractivity contribution in [3.8, 4) is 5.75 Å². The second-order valence-electron chi connectivity index (χ2n) is 5.16. The zero-order valence-electron chi connectivity index (χ0n) is 13.5. The molecule has 2 amide bonds. The van der Waals surface area contributed by atoms with Crippen LogP contribution < -0.4 is 15.4 Å². The first-order valence-electron chi connectivity index (χ1n) is 7.75. The first-order valence-corrected chi connectivity index (χ1v) is 8.13. The van der Waals surface area contributed by atoms with Crippen LogP contribution >= 0.6 is 11.6 Å². The first-order chi connectivity index (χ1) is 11.6. The number of aliphatic hydroxyl groups excluding tert-OH is 1. The lowest BCUT2D eigenvalue weighted by molar-refractivity contribution is 0.216. The molecule has 0 spiro atoms. The second kappa shape index (κ2) is 9.15. The van der Waals surface area contributed by atoms with Crippen LogP contribution in [0.2, 0.25) is 5.02 Å². The van der Waals surface area contributed by atoms with Crippen molar-refractivity contribution in [2.75, 3.05) is 13.2 Å².